The second-order valence-corrected chi connectivity index (χ2v) is 5.44. The topological polar surface area (TPSA) is 75.6 Å². The largest absolute Gasteiger partial charge is 0.494 e. The standard InChI is InChI=1S/C16H21NO4/c1-3-6-21-12-5-4-11(10(2)7-12)9-17-15(18)13-8-14(13)16(19)20/h4-5,7,13-14H,3,6,8-9H2,1-2H3,(H,17,18)(H,19,20). The van der Waals surface area contributed by atoms with E-state index in [0.29, 0.717) is 19.6 Å². The van der Waals surface area contributed by atoms with Crippen molar-refractivity contribution in [2.24, 2.45) is 11.8 Å². The number of carboxylic acid groups (broad SMARTS) is 1. The van der Waals surface area contributed by atoms with E-state index in [0.717, 1.165) is 23.3 Å². The molecule has 5 nitrogen and oxygen atoms in total. The third kappa shape index (κ3) is 3.97. The second-order valence-electron chi connectivity index (χ2n) is 5.44. The minimum Gasteiger partial charge on any atom is -0.494 e. The Morgan fingerprint density at radius 1 is 1.38 bits per heavy atom. The number of carboxylic acids is 1. The fraction of sp³-hybridized carbons (Fsp3) is 0.500. The second kappa shape index (κ2) is 6.61. The van der Waals surface area contributed by atoms with Crippen LogP contribution in [0.4, 0.5) is 0 Å². The Labute approximate surface area is 124 Å². The van der Waals surface area contributed by atoms with Gasteiger partial charge in [0.15, 0.2) is 0 Å². The van der Waals surface area contributed by atoms with Gasteiger partial charge in [0, 0.05) is 6.54 Å². The van der Waals surface area contributed by atoms with Gasteiger partial charge in [0.05, 0.1) is 18.4 Å². The van der Waals surface area contributed by atoms with Crippen molar-refractivity contribution in [2.75, 3.05) is 6.61 Å². The summed E-state index contributed by atoms with van der Waals surface area (Å²) in [4.78, 5) is 22.5. The molecule has 0 aliphatic heterocycles. The molecule has 2 unspecified atom stereocenters. The number of rotatable bonds is 7. The van der Waals surface area contributed by atoms with Gasteiger partial charge in [-0.15, -0.1) is 0 Å². The maximum Gasteiger partial charge on any atom is 0.307 e. The van der Waals surface area contributed by atoms with Crippen LogP contribution in [-0.2, 0) is 16.1 Å². The molecule has 114 valence electrons. The van der Waals surface area contributed by atoms with E-state index in [-0.39, 0.29) is 11.8 Å². The molecular formula is C16H21NO4. The van der Waals surface area contributed by atoms with Crippen LogP contribution in [0.3, 0.4) is 0 Å². The van der Waals surface area contributed by atoms with Gasteiger partial charge in [0.25, 0.3) is 0 Å². The lowest BCUT2D eigenvalue weighted by atomic mass is 10.1. The quantitative estimate of drug-likeness (QED) is 0.807. The predicted molar refractivity (Wildman–Crippen MR) is 78.0 cm³/mol. The highest BCUT2D eigenvalue weighted by atomic mass is 16.5. The first-order valence-corrected chi connectivity index (χ1v) is 7.25. The first-order valence-electron chi connectivity index (χ1n) is 7.25. The van der Waals surface area contributed by atoms with Crippen LogP contribution in [0.15, 0.2) is 18.2 Å². The molecule has 0 radical (unpaired) electrons. The van der Waals surface area contributed by atoms with Crippen LogP contribution in [0.2, 0.25) is 0 Å². The third-order valence-electron chi connectivity index (χ3n) is 3.68. The summed E-state index contributed by atoms with van der Waals surface area (Å²) in [5, 5.41) is 11.6. The lowest BCUT2D eigenvalue weighted by Gasteiger charge is -2.10. The number of amides is 1. The van der Waals surface area contributed by atoms with Crippen LogP contribution in [0.25, 0.3) is 0 Å². The molecule has 0 aromatic heterocycles. The molecule has 0 spiro atoms. The molecule has 1 saturated carbocycles. The Bertz CT molecular complexity index is 541. The summed E-state index contributed by atoms with van der Waals surface area (Å²) >= 11 is 0. The summed E-state index contributed by atoms with van der Waals surface area (Å²) in [6.07, 6.45) is 1.41. The lowest BCUT2D eigenvalue weighted by molar-refractivity contribution is -0.140. The van der Waals surface area contributed by atoms with Gasteiger partial charge in [-0.2, -0.15) is 0 Å². The average molecular weight is 291 g/mol. The van der Waals surface area contributed by atoms with Crippen molar-refractivity contribution in [3.05, 3.63) is 29.3 Å². The number of carbonyl (C=O) groups excluding carboxylic acids is 1. The summed E-state index contributed by atoms with van der Waals surface area (Å²) in [6.45, 7) is 5.13. The molecule has 0 bridgehead atoms. The molecule has 0 saturated heterocycles. The molecule has 1 aromatic rings. The van der Waals surface area contributed by atoms with Gasteiger partial charge in [-0.3, -0.25) is 9.59 Å². The van der Waals surface area contributed by atoms with Crippen molar-refractivity contribution in [3.63, 3.8) is 0 Å². The van der Waals surface area contributed by atoms with Crippen molar-refractivity contribution in [2.45, 2.75) is 33.2 Å². The number of aryl methyl sites for hydroxylation is 1. The summed E-state index contributed by atoms with van der Waals surface area (Å²) in [5.74, 6) is -1.10. The van der Waals surface area contributed by atoms with Gasteiger partial charge in [0.2, 0.25) is 5.91 Å². The highest BCUT2D eigenvalue weighted by Gasteiger charge is 2.48. The Morgan fingerprint density at radius 2 is 2.14 bits per heavy atom. The molecule has 1 amide bonds. The number of carbonyl (C=O) groups is 2. The van der Waals surface area contributed by atoms with Crippen LogP contribution in [0, 0.1) is 18.8 Å². The van der Waals surface area contributed by atoms with Crippen molar-refractivity contribution in [1.82, 2.24) is 5.32 Å². The Morgan fingerprint density at radius 3 is 2.71 bits per heavy atom. The van der Waals surface area contributed by atoms with Crippen molar-refractivity contribution in [3.8, 4) is 5.75 Å². The van der Waals surface area contributed by atoms with E-state index in [1.54, 1.807) is 0 Å². The van der Waals surface area contributed by atoms with Gasteiger partial charge in [0.1, 0.15) is 5.75 Å². The molecule has 21 heavy (non-hydrogen) atoms. The van der Waals surface area contributed by atoms with Crippen LogP contribution in [-0.4, -0.2) is 23.6 Å². The third-order valence-corrected chi connectivity index (χ3v) is 3.68. The van der Waals surface area contributed by atoms with Crippen molar-refractivity contribution >= 4 is 11.9 Å². The molecule has 2 rings (SSSR count). The number of hydrogen-bond donors (Lipinski definition) is 2. The van der Waals surface area contributed by atoms with E-state index in [1.807, 2.05) is 25.1 Å². The highest BCUT2D eigenvalue weighted by molar-refractivity contribution is 5.89. The number of hydrogen-bond acceptors (Lipinski definition) is 3. The zero-order chi connectivity index (χ0) is 15.4. The Hall–Kier alpha value is -2.04. The smallest absolute Gasteiger partial charge is 0.307 e. The van der Waals surface area contributed by atoms with Gasteiger partial charge >= 0.3 is 5.97 Å². The maximum atomic E-state index is 11.8. The fourth-order valence-corrected chi connectivity index (χ4v) is 2.25. The summed E-state index contributed by atoms with van der Waals surface area (Å²) < 4.78 is 5.55. The van der Waals surface area contributed by atoms with Crippen LogP contribution in [0.1, 0.15) is 30.9 Å². The molecule has 1 aromatic carbocycles. The summed E-state index contributed by atoms with van der Waals surface area (Å²) in [5.41, 5.74) is 2.06. The molecular weight excluding hydrogens is 270 g/mol. The van der Waals surface area contributed by atoms with Gasteiger partial charge in [-0.05, 0) is 43.0 Å². The molecule has 2 atom stereocenters. The molecule has 5 heteroatoms. The van der Waals surface area contributed by atoms with Crippen molar-refractivity contribution in [1.29, 1.82) is 0 Å². The van der Waals surface area contributed by atoms with Crippen LogP contribution < -0.4 is 10.1 Å². The Balaban J connectivity index is 1.86. The fourth-order valence-electron chi connectivity index (χ4n) is 2.25. The number of benzene rings is 1. The van der Waals surface area contributed by atoms with E-state index in [4.69, 9.17) is 9.84 Å². The van der Waals surface area contributed by atoms with Gasteiger partial charge in [-0.25, -0.2) is 0 Å². The van der Waals surface area contributed by atoms with E-state index < -0.39 is 11.9 Å². The number of ether oxygens (including phenoxy) is 1. The first kappa shape index (κ1) is 15.4. The zero-order valence-electron chi connectivity index (χ0n) is 12.4. The number of aliphatic carboxylic acids is 1. The highest BCUT2D eigenvalue weighted by Crippen LogP contribution is 2.38. The SMILES string of the molecule is CCCOc1ccc(CNC(=O)C2CC2C(=O)O)c(C)c1. The van der Waals surface area contributed by atoms with Gasteiger partial charge in [-0.1, -0.05) is 13.0 Å². The molecule has 1 fully saturated rings. The van der Waals surface area contributed by atoms with E-state index in [9.17, 15) is 9.59 Å². The molecule has 1 aliphatic carbocycles. The van der Waals surface area contributed by atoms with E-state index >= 15 is 0 Å². The molecule has 2 N–H and O–H groups in total. The van der Waals surface area contributed by atoms with Gasteiger partial charge < -0.3 is 15.2 Å². The monoisotopic (exact) mass is 291 g/mol. The normalized spacial score (nSPS) is 19.9. The molecule has 0 heterocycles. The minimum absolute atomic E-state index is 0.173. The average Bonchev–Trinajstić information content (AvgIpc) is 3.24. The summed E-state index contributed by atoms with van der Waals surface area (Å²) in [6, 6.07) is 5.78. The van der Waals surface area contributed by atoms with Crippen LogP contribution in [0.5, 0.6) is 5.75 Å². The van der Waals surface area contributed by atoms with E-state index in [1.165, 1.54) is 0 Å². The minimum atomic E-state index is -0.885. The lowest BCUT2D eigenvalue weighted by Crippen LogP contribution is -2.26. The first-order chi connectivity index (χ1) is 10.0. The van der Waals surface area contributed by atoms with Crippen molar-refractivity contribution < 1.29 is 19.4 Å². The van der Waals surface area contributed by atoms with E-state index in [2.05, 4.69) is 12.2 Å². The maximum absolute atomic E-state index is 11.8. The van der Waals surface area contributed by atoms with Crippen LogP contribution >= 0.6 is 0 Å². The molecule has 1 aliphatic rings. The zero-order valence-corrected chi connectivity index (χ0v) is 12.4. The number of nitrogens with one attached hydrogen (secondary N) is 1. The summed E-state index contributed by atoms with van der Waals surface area (Å²) in [7, 11) is 0. The predicted octanol–water partition coefficient (Wildman–Crippen LogP) is 2.12. The Kier molecular flexibility index (Phi) is 4.83.